The Balaban J connectivity index is 1.47. The third-order valence-corrected chi connectivity index (χ3v) is 6.48. The zero-order valence-corrected chi connectivity index (χ0v) is 16.4. The molecule has 5 rings (SSSR count). The van der Waals surface area contributed by atoms with Crippen molar-refractivity contribution in [1.29, 1.82) is 0 Å². The van der Waals surface area contributed by atoms with Gasteiger partial charge < -0.3 is 14.7 Å². The summed E-state index contributed by atoms with van der Waals surface area (Å²) in [6, 6.07) is 8.44. The van der Waals surface area contributed by atoms with Gasteiger partial charge in [-0.2, -0.15) is 0 Å². The third-order valence-electron chi connectivity index (χ3n) is 5.32. The van der Waals surface area contributed by atoms with Crippen molar-refractivity contribution >= 4 is 34.4 Å². The number of nitrogens with zero attached hydrogens (tertiary/aromatic N) is 4. The summed E-state index contributed by atoms with van der Waals surface area (Å²) in [7, 11) is 0. The molecule has 0 atom stereocenters. The number of rotatable bonds is 5. The summed E-state index contributed by atoms with van der Waals surface area (Å²) < 4.78 is 3.42. The Morgan fingerprint density at radius 2 is 1.86 bits per heavy atom. The first kappa shape index (κ1) is 17.7. The molecule has 2 aliphatic rings. The number of benzene rings is 1. The van der Waals surface area contributed by atoms with E-state index in [2.05, 4.69) is 42.8 Å². The lowest BCUT2D eigenvalue weighted by Crippen LogP contribution is -2.36. The number of aliphatic hydroxyl groups is 1. The van der Waals surface area contributed by atoms with Crippen LogP contribution in [0.4, 0.5) is 11.5 Å². The first-order valence-electron chi connectivity index (χ1n) is 9.81. The lowest BCUT2D eigenvalue weighted by Gasteiger charge is -2.31. The molecule has 1 aliphatic heterocycles. The van der Waals surface area contributed by atoms with E-state index in [-0.39, 0.29) is 6.10 Å². The Labute approximate surface area is 168 Å². The van der Waals surface area contributed by atoms with Crippen LogP contribution in [0.3, 0.4) is 0 Å². The second-order valence-corrected chi connectivity index (χ2v) is 8.64. The molecule has 0 spiro atoms. The minimum absolute atomic E-state index is 0.199. The van der Waals surface area contributed by atoms with Gasteiger partial charge in [-0.05, 0) is 61.4 Å². The highest BCUT2D eigenvalue weighted by molar-refractivity contribution is 8.01. The van der Waals surface area contributed by atoms with Gasteiger partial charge in [0, 0.05) is 35.5 Å². The number of hydrogen-bond acceptors (Lipinski definition) is 7. The van der Waals surface area contributed by atoms with E-state index in [4.69, 9.17) is 0 Å². The normalized spacial score (nSPS) is 17.8. The Morgan fingerprint density at radius 3 is 2.68 bits per heavy atom. The van der Waals surface area contributed by atoms with Gasteiger partial charge in [-0.25, -0.2) is 9.97 Å². The molecular weight excluding hydrogens is 370 g/mol. The Kier molecular flexibility index (Phi) is 4.78. The van der Waals surface area contributed by atoms with Crippen molar-refractivity contribution in [2.45, 2.75) is 37.0 Å². The molecule has 1 saturated heterocycles. The van der Waals surface area contributed by atoms with Crippen LogP contribution in [0.5, 0.6) is 0 Å². The fraction of sp³-hybridized carbons (Fsp3) is 0.381. The van der Waals surface area contributed by atoms with Crippen LogP contribution in [-0.4, -0.2) is 44.5 Å². The number of piperidine rings is 1. The summed E-state index contributed by atoms with van der Waals surface area (Å²) >= 11 is 1.79. The van der Waals surface area contributed by atoms with Gasteiger partial charge in [0.15, 0.2) is 0 Å². The van der Waals surface area contributed by atoms with E-state index in [1.54, 1.807) is 18.3 Å². The van der Waals surface area contributed by atoms with E-state index >= 15 is 0 Å². The van der Waals surface area contributed by atoms with E-state index in [9.17, 15) is 5.11 Å². The number of pyridine rings is 1. The highest BCUT2D eigenvalue weighted by Crippen LogP contribution is 2.35. The molecule has 0 unspecified atom stereocenters. The predicted molar refractivity (Wildman–Crippen MR) is 114 cm³/mol. The van der Waals surface area contributed by atoms with E-state index in [1.807, 2.05) is 18.5 Å². The topological polar surface area (TPSA) is 74.2 Å². The highest BCUT2D eigenvalue weighted by Gasteiger charge is 2.22. The quantitative estimate of drug-likeness (QED) is 0.637. The van der Waals surface area contributed by atoms with Gasteiger partial charge in [0.25, 0.3) is 0 Å². The van der Waals surface area contributed by atoms with Crippen LogP contribution in [-0.2, 0) is 0 Å². The highest BCUT2D eigenvalue weighted by atomic mass is 32.2. The molecule has 2 N–H and O–H groups in total. The molecule has 28 heavy (non-hydrogen) atoms. The van der Waals surface area contributed by atoms with Crippen LogP contribution < -0.4 is 9.62 Å². The molecule has 1 aliphatic carbocycles. The lowest BCUT2D eigenvalue weighted by atomic mass is 10.0. The largest absolute Gasteiger partial charge is 0.393 e. The zero-order chi connectivity index (χ0) is 18.9. The zero-order valence-electron chi connectivity index (χ0n) is 15.6. The van der Waals surface area contributed by atoms with Crippen molar-refractivity contribution < 1.29 is 5.11 Å². The summed E-state index contributed by atoms with van der Waals surface area (Å²) in [5, 5.41) is 11.6. The van der Waals surface area contributed by atoms with Gasteiger partial charge in [-0.3, -0.25) is 4.98 Å². The monoisotopic (exact) mass is 393 g/mol. The molecule has 3 aromatic rings. The smallest absolute Gasteiger partial charge is 0.139 e. The van der Waals surface area contributed by atoms with Crippen molar-refractivity contribution in [3.63, 3.8) is 0 Å². The second-order valence-electron chi connectivity index (χ2n) is 7.53. The average Bonchev–Trinajstić information content (AvgIpc) is 3.57. The molecule has 144 valence electrons. The number of aliphatic hydroxyl groups excluding tert-OH is 1. The van der Waals surface area contributed by atoms with E-state index in [0.29, 0.717) is 0 Å². The SMILES string of the molecule is OC1CCN(c2ncnc3ccc(-c4cncc(NSC5CC5)c4)cc23)CC1. The van der Waals surface area contributed by atoms with Crippen molar-refractivity contribution in [3.8, 4) is 11.1 Å². The molecule has 1 saturated carbocycles. The van der Waals surface area contributed by atoms with Gasteiger partial charge in [0.2, 0.25) is 0 Å². The molecule has 3 heterocycles. The number of nitrogens with one attached hydrogen (secondary N) is 1. The standard InChI is InChI=1S/C21H23N5OS/c27-17-5-7-26(8-6-17)21-19-10-14(1-4-20(19)23-13-24-21)15-9-16(12-22-11-15)25-28-18-2-3-18/h1,4,9-13,17-18,25,27H,2-3,5-8H2. The van der Waals surface area contributed by atoms with Gasteiger partial charge in [0.1, 0.15) is 12.1 Å². The van der Waals surface area contributed by atoms with Crippen molar-refractivity contribution in [2.24, 2.45) is 0 Å². The number of fused-ring (bicyclic) bond motifs is 1. The van der Waals surface area contributed by atoms with Crippen LogP contribution in [0.15, 0.2) is 43.0 Å². The summed E-state index contributed by atoms with van der Waals surface area (Å²) in [5.41, 5.74) is 4.15. The van der Waals surface area contributed by atoms with Crippen LogP contribution >= 0.6 is 11.9 Å². The summed E-state index contributed by atoms with van der Waals surface area (Å²) in [6.45, 7) is 1.63. The Morgan fingerprint density at radius 1 is 1.00 bits per heavy atom. The summed E-state index contributed by atoms with van der Waals surface area (Å²) in [6.07, 6.45) is 9.35. The summed E-state index contributed by atoms with van der Waals surface area (Å²) in [5.74, 6) is 0.949. The molecule has 0 bridgehead atoms. The minimum Gasteiger partial charge on any atom is -0.393 e. The van der Waals surface area contributed by atoms with E-state index in [0.717, 1.165) is 64.7 Å². The summed E-state index contributed by atoms with van der Waals surface area (Å²) in [4.78, 5) is 15.7. The van der Waals surface area contributed by atoms with E-state index in [1.165, 1.54) is 12.8 Å². The Bertz CT molecular complexity index is 985. The van der Waals surface area contributed by atoms with Crippen molar-refractivity contribution in [1.82, 2.24) is 15.0 Å². The van der Waals surface area contributed by atoms with Crippen LogP contribution in [0.2, 0.25) is 0 Å². The maximum Gasteiger partial charge on any atom is 0.139 e. The number of anilines is 2. The average molecular weight is 394 g/mol. The van der Waals surface area contributed by atoms with Gasteiger partial charge in [-0.1, -0.05) is 6.07 Å². The molecule has 0 amide bonds. The van der Waals surface area contributed by atoms with Gasteiger partial charge >= 0.3 is 0 Å². The molecule has 6 nitrogen and oxygen atoms in total. The third kappa shape index (κ3) is 3.77. The van der Waals surface area contributed by atoms with Crippen molar-refractivity contribution in [3.05, 3.63) is 43.0 Å². The predicted octanol–water partition coefficient (Wildman–Crippen LogP) is 3.88. The van der Waals surface area contributed by atoms with Crippen LogP contribution in [0.1, 0.15) is 25.7 Å². The van der Waals surface area contributed by atoms with Crippen LogP contribution in [0.25, 0.3) is 22.0 Å². The molecule has 7 heteroatoms. The van der Waals surface area contributed by atoms with Crippen molar-refractivity contribution in [2.75, 3.05) is 22.7 Å². The molecule has 0 radical (unpaired) electrons. The number of aromatic nitrogens is 3. The number of hydrogen-bond donors (Lipinski definition) is 2. The molecular formula is C21H23N5OS. The molecule has 2 aromatic heterocycles. The molecule has 1 aromatic carbocycles. The fourth-order valence-electron chi connectivity index (χ4n) is 3.54. The first-order chi connectivity index (χ1) is 13.8. The Hall–Kier alpha value is -2.38. The van der Waals surface area contributed by atoms with Crippen LogP contribution in [0, 0.1) is 0 Å². The second kappa shape index (κ2) is 7.56. The molecule has 2 fully saturated rings. The van der Waals surface area contributed by atoms with Gasteiger partial charge in [0.05, 0.1) is 23.5 Å². The first-order valence-corrected chi connectivity index (χ1v) is 10.7. The fourth-order valence-corrected chi connectivity index (χ4v) is 4.33. The lowest BCUT2D eigenvalue weighted by molar-refractivity contribution is 0.145. The minimum atomic E-state index is -0.199. The maximum atomic E-state index is 9.81. The van der Waals surface area contributed by atoms with Gasteiger partial charge in [-0.15, -0.1) is 0 Å². The maximum absolute atomic E-state index is 9.81. The van der Waals surface area contributed by atoms with E-state index < -0.39 is 0 Å².